The van der Waals surface area contributed by atoms with Crippen LogP contribution in [0.1, 0.15) is 47.2 Å². The molecular formula is C33H29BrClN7O4. The Bertz CT molecular complexity index is 2010. The van der Waals surface area contributed by atoms with Gasteiger partial charge in [-0.1, -0.05) is 85.6 Å². The van der Waals surface area contributed by atoms with Crippen LogP contribution in [0.4, 0.5) is 0 Å². The first-order valence-electron chi connectivity index (χ1n) is 14.7. The lowest BCUT2D eigenvalue weighted by Gasteiger charge is -2.17. The predicted molar refractivity (Wildman–Crippen MR) is 177 cm³/mol. The van der Waals surface area contributed by atoms with Crippen LogP contribution in [0.5, 0.6) is 0 Å². The number of fused-ring (bicyclic) bond motifs is 1. The summed E-state index contributed by atoms with van der Waals surface area (Å²) in [5, 5.41) is 27.9. The van der Waals surface area contributed by atoms with E-state index in [9.17, 15) is 14.7 Å². The quantitative estimate of drug-likeness (QED) is 0.127. The van der Waals surface area contributed by atoms with Gasteiger partial charge in [-0.25, -0.2) is 9.78 Å². The minimum absolute atomic E-state index is 0.0263. The molecule has 0 saturated heterocycles. The van der Waals surface area contributed by atoms with Gasteiger partial charge in [-0.15, -0.1) is 10.2 Å². The van der Waals surface area contributed by atoms with E-state index in [1.807, 2.05) is 72.8 Å². The number of H-pyrrole nitrogens is 1. The first-order chi connectivity index (χ1) is 22.3. The number of nitrogens with zero attached hydrogens (tertiary/aromatic N) is 5. The average molecular weight is 703 g/mol. The third-order valence-electron chi connectivity index (χ3n) is 7.65. The van der Waals surface area contributed by atoms with E-state index in [1.54, 1.807) is 4.57 Å². The van der Waals surface area contributed by atoms with Gasteiger partial charge in [-0.3, -0.25) is 4.79 Å². The molecule has 3 heterocycles. The molecule has 0 spiro atoms. The van der Waals surface area contributed by atoms with Crippen molar-refractivity contribution in [2.24, 2.45) is 0 Å². The fraction of sp³-hybridized carbons (Fsp3) is 0.212. The molecule has 3 aromatic heterocycles. The van der Waals surface area contributed by atoms with Crippen LogP contribution in [0, 0.1) is 0 Å². The molecule has 3 N–H and O–H groups in total. The maximum Gasteiger partial charge on any atom is 0.326 e. The Balaban J connectivity index is 1.34. The molecule has 0 radical (unpaired) electrons. The van der Waals surface area contributed by atoms with Crippen molar-refractivity contribution in [2.45, 2.75) is 45.2 Å². The second-order valence-electron chi connectivity index (χ2n) is 10.8. The number of carbonyl (C=O) groups is 2. The van der Waals surface area contributed by atoms with Crippen LogP contribution in [-0.2, 0) is 24.2 Å². The van der Waals surface area contributed by atoms with Crippen molar-refractivity contribution in [1.29, 1.82) is 0 Å². The lowest BCUT2D eigenvalue weighted by Crippen LogP contribution is -2.43. The van der Waals surface area contributed by atoms with Crippen molar-refractivity contribution in [3.63, 3.8) is 0 Å². The zero-order valence-electron chi connectivity index (χ0n) is 24.7. The molecule has 1 amide bonds. The molecule has 0 bridgehead atoms. The van der Waals surface area contributed by atoms with Crippen LogP contribution in [-0.4, -0.2) is 53.2 Å². The Morgan fingerprint density at radius 1 is 1.07 bits per heavy atom. The summed E-state index contributed by atoms with van der Waals surface area (Å²) in [7, 11) is 0. The number of amides is 1. The van der Waals surface area contributed by atoms with E-state index in [0.717, 1.165) is 45.0 Å². The van der Waals surface area contributed by atoms with Crippen molar-refractivity contribution in [3.05, 3.63) is 105 Å². The van der Waals surface area contributed by atoms with E-state index in [1.165, 1.54) is 0 Å². The number of nitrogens with one attached hydrogen (secondary N) is 2. The maximum atomic E-state index is 13.7. The van der Waals surface area contributed by atoms with E-state index >= 15 is 0 Å². The van der Waals surface area contributed by atoms with E-state index in [2.05, 4.69) is 53.8 Å². The lowest BCUT2D eigenvalue weighted by molar-refractivity contribution is -0.139. The summed E-state index contributed by atoms with van der Waals surface area (Å²) in [6.45, 7) is 2.35. The molecule has 6 rings (SSSR count). The van der Waals surface area contributed by atoms with Gasteiger partial charge in [0, 0.05) is 35.9 Å². The molecule has 234 valence electrons. The topological polar surface area (TPSA) is 152 Å². The van der Waals surface area contributed by atoms with E-state index in [0.29, 0.717) is 29.4 Å². The zero-order chi connectivity index (χ0) is 32.2. The first-order valence-corrected chi connectivity index (χ1v) is 15.9. The van der Waals surface area contributed by atoms with Crippen molar-refractivity contribution >= 4 is 50.4 Å². The van der Waals surface area contributed by atoms with Gasteiger partial charge in [0.2, 0.25) is 5.82 Å². The number of aliphatic carboxylic acids is 1. The average Bonchev–Trinajstić information content (AvgIpc) is 3.78. The van der Waals surface area contributed by atoms with Crippen molar-refractivity contribution < 1.29 is 19.1 Å². The number of aryl methyl sites for hydroxylation is 1. The molecule has 13 heteroatoms. The highest BCUT2D eigenvalue weighted by atomic mass is 79.9. The Morgan fingerprint density at radius 2 is 1.83 bits per heavy atom. The maximum absolute atomic E-state index is 13.7. The molecule has 0 aliphatic rings. The number of carboxylic acid groups (broad SMARTS) is 1. The largest absolute Gasteiger partial charge is 0.480 e. The minimum atomic E-state index is -1.15. The molecule has 3 aromatic carbocycles. The number of benzene rings is 3. The van der Waals surface area contributed by atoms with Crippen LogP contribution < -0.4 is 5.32 Å². The Kier molecular flexibility index (Phi) is 9.27. The van der Waals surface area contributed by atoms with Gasteiger partial charge >= 0.3 is 5.97 Å². The first kappa shape index (κ1) is 31.2. The minimum Gasteiger partial charge on any atom is -0.480 e. The fourth-order valence-corrected chi connectivity index (χ4v) is 6.27. The van der Waals surface area contributed by atoms with Crippen LogP contribution >= 0.6 is 27.5 Å². The SMILES string of the molecule is CCCCc1nc(Cl)c(C(=O)N[C@H](Cc2ccccc2)C(=O)O)n1Cc1ccc2oc(-c3ccccc3-c3nn[nH]n3)c(Br)c2c1. The third kappa shape index (κ3) is 6.44. The normalized spacial score (nSPS) is 12.0. The monoisotopic (exact) mass is 701 g/mol. The molecule has 46 heavy (non-hydrogen) atoms. The Labute approximate surface area is 277 Å². The van der Waals surface area contributed by atoms with Crippen LogP contribution in [0.25, 0.3) is 33.7 Å². The zero-order valence-corrected chi connectivity index (χ0v) is 27.0. The number of carbonyl (C=O) groups excluding carboxylic acids is 1. The van der Waals surface area contributed by atoms with Crippen molar-refractivity contribution in [3.8, 4) is 22.7 Å². The highest BCUT2D eigenvalue weighted by molar-refractivity contribution is 9.10. The van der Waals surface area contributed by atoms with Gasteiger partial charge in [-0.05, 0) is 50.8 Å². The fourth-order valence-electron chi connectivity index (χ4n) is 5.38. The number of hydrogen-bond acceptors (Lipinski definition) is 7. The number of halogens is 2. The van der Waals surface area contributed by atoms with Gasteiger partial charge in [0.1, 0.15) is 28.9 Å². The van der Waals surface area contributed by atoms with E-state index < -0.39 is 17.9 Å². The summed E-state index contributed by atoms with van der Waals surface area (Å²) < 4.78 is 8.82. The summed E-state index contributed by atoms with van der Waals surface area (Å²) in [5.41, 5.74) is 3.98. The number of aromatic amines is 1. The number of tetrazole rings is 1. The standard InChI is InChI=1S/C33H29BrClN7O4/c1-2-3-13-26-37-30(35)28(32(43)36-24(33(44)45)17-19-9-5-4-6-10-19)42(26)18-20-14-15-25-23(16-20)27(34)29(46-25)21-11-7-8-12-22(21)31-38-40-41-39-31/h4-12,14-16,24H,2-3,13,17-18H2,1H3,(H,36,43)(H,44,45)(H,38,39,40,41)/t24-/m1/s1. The highest BCUT2D eigenvalue weighted by Crippen LogP contribution is 2.41. The Morgan fingerprint density at radius 3 is 2.54 bits per heavy atom. The summed E-state index contributed by atoms with van der Waals surface area (Å²) >= 11 is 10.3. The highest BCUT2D eigenvalue weighted by Gasteiger charge is 2.27. The molecule has 0 unspecified atom stereocenters. The molecular weight excluding hydrogens is 674 g/mol. The molecule has 11 nitrogen and oxygen atoms in total. The number of rotatable bonds is 12. The number of unbranched alkanes of at least 4 members (excludes halogenated alkanes) is 1. The lowest BCUT2D eigenvalue weighted by atomic mass is 10.0. The third-order valence-corrected chi connectivity index (χ3v) is 8.70. The van der Waals surface area contributed by atoms with E-state index in [-0.39, 0.29) is 23.8 Å². The second-order valence-corrected chi connectivity index (χ2v) is 11.9. The molecule has 0 aliphatic heterocycles. The number of carboxylic acids is 1. The van der Waals surface area contributed by atoms with Crippen LogP contribution in [0.3, 0.4) is 0 Å². The number of hydrogen-bond donors (Lipinski definition) is 3. The van der Waals surface area contributed by atoms with Gasteiger partial charge in [0.05, 0.1) is 4.47 Å². The summed E-state index contributed by atoms with van der Waals surface area (Å²) in [6.07, 6.45) is 2.49. The van der Waals surface area contributed by atoms with Crippen molar-refractivity contribution in [2.75, 3.05) is 0 Å². The predicted octanol–water partition coefficient (Wildman–Crippen LogP) is 6.71. The molecule has 1 atom stereocenters. The van der Waals surface area contributed by atoms with Crippen LogP contribution in [0.2, 0.25) is 5.15 Å². The summed E-state index contributed by atoms with van der Waals surface area (Å²) in [5.74, 6) is -0.0416. The van der Waals surface area contributed by atoms with Gasteiger partial charge in [0.15, 0.2) is 5.15 Å². The summed E-state index contributed by atoms with van der Waals surface area (Å²) in [4.78, 5) is 30.3. The smallest absolute Gasteiger partial charge is 0.326 e. The van der Waals surface area contributed by atoms with Gasteiger partial charge in [-0.2, -0.15) is 5.21 Å². The van der Waals surface area contributed by atoms with E-state index in [4.69, 9.17) is 16.0 Å². The van der Waals surface area contributed by atoms with Crippen molar-refractivity contribution in [1.82, 2.24) is 35.5 Å². The molecule has 0 aliphatic carbocycles. The van der Waals surface area contributed by atoms with Gasteiger partial charge < -0.3 is 19.4 Å². The molecule has 0 saturated carbocycles. The second kappa shape index (κ2) is 13.7. The number of imidazole rings is 1. The number of aromatic nitrogens is 6. The summed E-state index contributed by atoms with van der Waals surface area (Å²) in [6, 6.07) is 21.4. The van der Waals surface area contributed by atoms with Gasteiger partial charge in [0.25, 0.3) is 5.91 Å². The Hall–Kier alpha value is -4.81. The molecule has 0 fully saturated rings. The van der Waals surface area contributed by atoms with Crippen LogP contribution in [0.15, 0.2) is 81.7 Å². The number of furan rings is 1. The molecule has 6 aromatic rings.